The van der Waals surface area contributed by atoms with Gasteiger partial charge < -0.3 is 39.9 Å². The normalized spacial score (nSPS) is 13.4. The molecule has 2 rings (SSSR count). The monoisotopic (exact) mass is 785 g/mol. The largest absolute Gasteiger partial charge is 0.497 e. The molecule has 0 aliphatic rings. The smallest absolute Gasteiger partial charge is 0.472 e. The molecule has 2 unspecified atom stereocenters. The molecule has 54 heavy (non-hydrogen) atoms. The summed E-state index contributed by atoms with van der Waals surface area (Å²) in [5.41, 5.74) is 1.26. The Balaban J connectivity index is 2.24. The Bertz CT molecular complexity index is 1510. The van der Waals surface area contributed by atoms with E-state index in [9.17, 15) is 48.8 Å². The minimum Gasteiger partial charge on any atom is -0.497 e. The van der Waals surface area contributed by atoms with Crippen LogP contribution in [0.25, 0.3) is 0 Å². The number of carboxylic acid groups (broad SMARTS) is 5. The molecule has 0 saturated heterocycles. The summed E-state index contributed by atoms with van der Waals surface area (Å²) in [6.07, 6.45) is 0.690. The first-order chi connectivity index (χ1) is 25.4. The van der Waals surface area contributed by atoms with Gasteiger partial charge in [-0.05, 0) is 48.2 Å². The van der Waals surface area contributed by atoms with Crippen LogP contribution in [0.4, 0.5) is 0 Å². The molecule has 19 nitrogen and oxygen atoms in total. The van der Waals surface area contributed by atoms with Crippen LogP contribution >= 0.6 is 7.82 Å². The minimum absolute atomic E-state index is 0.256. The third-order valence-electron chi connectivity index (χ3n) is 8.43. The van der Waals surface area contributed by atoms with E-state index in [1.165, 1.54) is 4.90 Å². The van der Waals surface area contributed by atoms with Gasteiger partial charge >= 0.3 is 37.7 Å². The second-order valence-electron chi connectivity index (χ2n) is 12.5. The molecule has 0 radical (unpaired) electrons. The van der Waals surface area contributed by atoms with E-state index in [0.717, 1.165) is 20.9 Å². The van der Waals surface area contributed by atoms with Gasteiger partial charge in [0.1, 0.15) is 11.5 Å². The first kappa shape index (κ1) is 45.5. The highest BCUT2D eigenvalue weighted by Gasteiger charge is 2.32. The van der Waals surface area contributed by atoms with Crippen LogP contribution in [0.15, 0.2) is 48.5 Å². The summed E-state index contributed by atoms with van der Waals surface area (Å²) in [5, 5.41) is 46.8. The molecule has 2 aromatic carbocycles. The number of ether oxygens (including phenoxy) is 2. The van der Waals surface area contributed by atoms with Crippen LogP contribution < -0.4 is 9.47 Å². The molecule has 0 aliphatic heterocycles. The Labute approximate surface area is 311 Å². The van der Waals surface area contributed by atoms with Gasteiger partial charge in [-0.25, -0.2) is 4.57 Å². The molecule has 0 spiro atoms. The van der Waals surface area contributed by atoms with Crippen molar-refractivity contribution in [1.29, 1.82) is 0 Å². The molecule has 20 heteroatoms. The molecule has 2 atom stereocenters. The van der Waals surface area contributed by atoms with Gasteiger partial charge in [-0.2, -0.15) is 0 Å². The van der Waals surface area contributed by atoms with E-state index in [0.29, 0.717) is 17.9 Å². The van der Waals surface area contributed by atoms with Crippen LogP contribution in [0.1, 0.15) is 30.9 Å². The Morgan fingerprint density at radius 3 is 1.48 bits per heavy atom. The van der Waals surface area contributed by atoms with Crippen molar-refractivity contribution in [3.05, 3.63) is 59.7 Å². The lowest BCUT2D eigenvalue weighted by atomic mass is 9.73. The quantitative estimate of drug-likeness (QED) is 0.0528. The average Bonchev–Trinajstić information content (AvgIpc) is 3.09. The zero-order valence-electron chi connectivity index (χ0n) is 30.2. The number of aliphatic carboxylic acids is 5. The molecule has 2 aromatic rings. The van der Waals surface area contributed by atoms with Crippen LogP contribution in [0.3, 0.4) is 0 Å². The number of nitrogens with zero attached hydrogens (tertiary/aromatic N) is 3. The molecule has 300 valence electrons. The van der Waals surface area contributed by atoms with Gasteiger partial charge in [-0.15, -0.1) is 0 Å². The van der Waals surface area contributed by atoms with Crippen LogP contribution in [-0.2, 0) is 43.0 Å². The maximum atomic E-state index is 13.1. The first-order valence-corrected chi connectivity index (χ1v) is 18.1. The summed E-state index contributed by atoms with van der Waals surface area (Å²) in [6, 6.07) is 13.6. The molecule has 0 amide bonds. The van der Waals surface area contributed by atoms with E-state index in [2.05, 4.69) is 0 Å². The Morgan fingerprint density at radius 2 is 1.07 bits per heavy atom. The summed E-state index contributed by atoms with van der Waals surface area (Å²) in [5.74, 6) is -5.65. The number of carboxylic acids is 5. The summed E-state index contributed by atoms with van der Waals surface area (Å²) in [4.78, 5) is 71.2. The summed E-state index contributed by atoms with van der Waals surface area (Å²) in [6.45, 7) is -3.85. The lowest BCUT2D eigenvalue weighted by Gasteiger charge is -2.34. The number of benzene rings is 2. The average molecular weight is 786 g/mol. The Kier molecular flexibility index (Phi) is 18.5. The highest BCUT2D eigenvalue weighted by Crippen LogP contribution is 2.44. The lowest BCUT2D eigenvalue weighted by molar-refractivity contribution is -0.145. The van der Waals surface area contributed by atoms with Crippen LogP contribution in [0.5, 0.6) is 11.5 Å². The van der Waals surface area contributed by atoms with E-state index in [4.69, 9.17) is 28.7 Å². The van der Waals surface area contributed by atoms with Crippen molar-refractivity contribution in [2.45, 2.75) is 31.2 Å². The minimum atomic E-state index is -4.86. The molecule has 0 fully saturated rings. The van der Waals surface area contributed by atoms with E-state index in [1.54, 1.807) is 14.2 Å². The van der Waals surface area contributed by atoms with E-state index < -0.39 is 95.0 Å². The van der Waals surface area contributed by atoms with Crippen molar-refractivity contribution in [1.82, 2.24) is 14.7 Å². The number of phosphoric ester groups is 1. The van der Waals surface area contributed by atoms with Gasteiger partial charge in [0, 0.05) is 31.1 Å². The van der Waals surface area contributed by atoms with E-state index in [-0.39, 0.29) is 26.1 Å². The highest BCUT2D eigenvalue weighted by molar-refractivity contribution is 7.47. The van der Waals surface area contributed by atoms with E-state index >= 15 is 0 Å². The van der Waals surface area contributed by atoms with E-state index in [1.807, 2.05) is 55.5 Å². The van der Waals surface area contributed by atoms with Gasteiger partial charge in [0.15, 0.2) is 0 Å². The van der Waals surface area contributed by atoms with Crippen LogP contribution in [0.2, 0.25) is 0 Å². The summed E-state index contributed by atoms with van der Waals surface area (Å²) in [7, 11) is -1.76. The van der Waals surface area contributed by atoms with Crippen molar-refractivity contribution in [3.63, 3.8) is 0 Å². The third-order valence-corrected chi connectivity index (χ3v) is 9.42. The molecular weight excluding hydrogens is 737 g/mol. The number of carbonyl (C=O) groups is 5. The molecular formula is C34H48N3O16P. The van der Waals surface area contributed by atoms with Crippen molar-refractivity contribution in [2.75, 3.05) is 79.8 Å². The standard InChI is InChI=1S/C34H48N3O16P/c1-34(24-5-9-27(50-2)10-6-24,25-7-11-28(51-3)12-8-25)13-4-16-52-54(48,49)53-23-26(37(21-32(44)45)22-33(46)47)17-35(18-29(38)39)14-15-36(19-30(40)41)20-31(42)43/h5-12,26H,4,13-23H2,1-3H3,(H,38,39)(H,40,41)(H,42,43)(H,44,45)(H,46,47)(H,48,49). The molecule has 0 heterocycles. The van der Waals surface area contributed by atoms with Gasteiger partial charge in [-0.1, -0.05) is 31.2 Å². The predicted octanol–water partition coefficient (Wildman–Crippen LogP) is 1.62. The second kappa shape index (κ2) is 21.9. The second-order valence-corrected chi connectivity index (χ2v) is 13.9. The number of rotatable bonds is 28. The fourth-order valence-corrected chi connectivity index (χ4v) is 6.53. The zero-order chi connectivity index (χ0) is 40.5. The molecule has 0 aliphatic carbocycles. The van der Waals surface area contributed by atoms with Crippen LogP contribution in [0, 0.1) is 0 Å². The fraction of sp³-hybridized carbons (Fsp3) is 0.500. The van der Waals surface area contributed by atoms with Crippen molar-refractivity contribution < 1.29 is 77.5 Å². The van der Waals surface area contributed by atoms with Crippen LogP contribution in [-0.4, -0.2) is 161 Å². The van der Waals surface area contributed by atoms with Crippen molar-refractivity contribution >= 4 is 37.7 Å². The molecule has 0 saturated carbocycles. The number of hydrogen-bond donors (Lipinski definition) is 6. The Morgan fingerprint density at radius 1 is 0.667 bits per heavy atom. The maximum Gasteiger partial charge on any atom is 0.472 e. The maximum absolute atomic E-state index is 13.1. The van der Waals surface area contributed by atoms with Gasteiger partial charge in [0.25, 0.3) is 0 Å². The summed E-state index contributed by atoms with van der Waals surface area (Å²) < 4.78 is 34.1. The highest BCUT2D eigenvalue weighted by atomic mass is 31.2. The van der Waals surface area contributed by atoms with Crippen molar-refractivity contribution in [3.8, 4) is 11.5 Å². The Hall–Kier alpha value is -4.62. The molecule has 6 N–H and O–H groups in total. The first-order valence-electron chi connectivity index (χ1n) is 16.6. The van der Waals surface area contributed by atoms with Gasteiger partial charge in [-0.3, -0.25) is 47.7 Å². The number of methoxy groups -OCH3 is 2. The molecule has 0 bridgehead atoms. The zero-order valence-corrected chi connectivity index (χ0v) is 31.1. The van der Waals surface area contributed by atoms with Gasteiger partial charge in [0.05, 0.1) is 60.2 Å². The predicted molar refractivity (Wildman–Crippen MR) is 190 cm³/mol. The SMILES string of the molecule is COc1ccc(C(C)(CCCOP(=O)(O)OCC(CN(CCN(CC(=O)O)CC(=O)O)CC(=O)O)N(CC(=O)O)CC(=O)O)c2ccc(OC)cc2)cc1. The molecule has 0 aromatic heterocycles. The number of hydrogen-bond acceptors (Lipinski definition) is 13. The number of phosphoric acid groups is 1. The fourth-order valence-electron chi connectivity index (χ4n) is 5.74. The van der Waals surface area contributed by atoms with Crippen molar-refractivity contribution in [2.24, 2.45) is 0 Å². The summed E-state index contributed by atoms with van der Waals surface area (Å²) >= 11 is 0. The topological polar surface area (TPSA) is 270 Å². The third kappa shape index (κ3) is 16.2. The van der Waals surface area contributed by atoms with Gasteiger partial charge in [0.2, 0.25) is 0 Å². The lowest BCUT2D eigenvalue weighted by Crippen LogP contribution is -2.52.